The molecule has 0 heterocycles. The summed E-state index contributed by atoms with van der Waals surface area (Å²) in [5.41, 5.74) is -0.527. The van der Waals surface area contributed by atoms with Crippen molar-refractivity contribution in [1.29, 1.82) is 0 Å². The summed E-state index contributed by atoms with van der Waals surface area (Å²) < 4.78 is 36.5. The Labute approximate surface area is 129 Å². The molecule has 0 bridgehead atoms. The van der Waals surface area contributed by atoms with Crippen molar-refractivity contribution in [3.05, 3.63) is 24.3 Å². The molecule has 0 atom stereocenters. The Balaban J connectivity index is 0.00000169. The van der Waals surface area contributed by atoms with E-state index in [9.17, 15) is 12.9 Å². The first-order valence-electron chi connectivity index (χ1n) is 3.96. The molecule has 0 fully saturated rings. The van der Waals surface area contributed by atoms with Crippen LogP contribution in [0.1, 0.15) is 6.92 Å². The largest absolute Gasteiger partial charge is 1.00 e. The van der Waals surface area contributed by atoms with E-state index in [4.69, 9.17) is 0 Å². The molecule has 0 saturated heterocycles. The molecule has 14 heavy (non-hydrogen) atoms. The van der Waals surface area contributed by atoms with Gasteiger partial charge in [0.15, 0.2) is 0 Å². The summed E-state index contributed by atoms with van der Waals surface area (Å²) in [6.45, 7) is -2.87. The van der Waals surface area contributed by atoms with E-state index in [1.807, 2.05) is 6.92 Å². The van der Waals surface area contributed by atoms with Gasteiger partial charge in [-0.3, -0.25) is 0 Å². The third kappa shape index (κ3) is 4.72. The quantitative estimate of drug-likeness (QED) is 0.526. The number of rotatable bonds is 3. The fraction of sp³-hybridized carbons (Fsp3) is 0.250. The fourth-order valence-electron chi connectivity index (χ4n) is 0.949. The number of hydrogen-bond acceptors (Lipinski definition) is 1. The molecule has 0 amide bonds. The second-order valence-corrected chi connectivity index (χ2v) is 3.91. The standard InChI is InChI=1S/C8H9BF3S.K/c1-2-13-8-5-3-7(4-6-8)9(10,11)12;/h3-6H,2H2,1H3;/q-1;+1. The summed E-state index contributed by atoms with van der Waals surface area (Å²) in [4.78, 5) is 0.881. The molecule has 1 rings (SSSR count). The fourth-order valence-corrected chi connectivity index (χ4v) is 1.61. The van der Waals surface area contributed by atoms with Crippen LogP contribution in [-0.2, 0) is 0 Å². The molecule has 0 aliphatic carbocycles. The van der Waals surface area contributed by atoms with Crippen molar-refractivity contribution >= 4 is 24.2 Å². The van der Waals surface area contributed by atoms with Crippen LogP contribution < -0.4 is 56.8 Å². The SMILES string of the molecule is CCSc1ccc([B-](F)(F)F)cc1.[K+]. The van der Waals surface area contributed by atoms with E-state index in [0.29, 0.717) is 0 Å². The molecule has 0 unspecified atom stereocenters. The molecular formula is C8H9BF3KS. The van der Waals surface area contributed by atoms with Crippen LogP contribution >= 0.6 is 11.8 Å². The zero-order chi connectivity index (χ0) is 9.90. The Hall–Kier alpha value is 1.06. The topological polar surface area (TPSA) is 0 Å². The number of halogens is 3. The second-order valence-electron chi connectivity index (χ2n) is 2.58. The first-order valence-corrected chi connectivity index (χ1v) is 4.95. The van der Waals surface area contributed by atoms with Gasteiger partial charge in [0.2, 0.25) is 0 Å². The normalized spacial score (nSPS) is 10.9. The van der Waals surface area contributed by atoms with Crippen molar-refractivity contribution in [2.24, 2.45) is 0 Å². The average Bonchev–Trinajstić information content (AvgIpc) is 2.04. The number of thioether (sulfide) groups is 1. The van der Waals surface area contributed by atoms with Crippen molar-refractivity contribution < 1.29 is 64.3 Å². The maximum absolute atomic E-state index is 12.2. The molecule has 0 nitrogen and oxygen atoms in total. The first-order chi connectivity index (χ1) is 6.04. The van der Waals surface area contributed by atoms with Gasteiger partial charge in [-0.15, -0.1) is 17.2 Å². The van der Waals surface area contributed by atoms with Gasteiger partial charge in [0.1, 0.15) is 0 Å². The van der Waals surface area contributed by atoms with Crippen molar-refractivity contribution in [2.45, 2.75) is 11.8 Å². The third-order valence-electron chi connectivity index (χ3n) is 1.57. The van der Waals surface area contributed by atoms with Crippen molar-refractivity contribution in [3.63, 3.8) is 0 Å². The minimum Gasteiger partial charge on any atom is -0.445 e. The van der Waals surface area contributed by atoms with Gasteiger partial charge < -0.3 is 12.9 Å². The van der Waals surface area contributed by atoms with Crippen LogP contribution in [0.5, 0.6) is 0 Å². The van der Waals surface area contributed by atoms with Crippen molar-refractivity contribution in [1.82, 2.24) is 0 Å². The van der Waals surface area contributed by atoms with Gasteiger partial charge in [-0.05, 0) is 5.75 Å². The van der Waals surface area contributed by atoms with Gasteiger partial charge in [-0.2, -0.15) is 0 Å². The molecule has 0 aromatic heterocycles. The van der Waals surface area contributed by atoms with Gasteiger partial charge in [0.25, 0.3) is 0 Å². The minimum atomic E-state index is -4.84. The number of hydrogen-bond donors (Lipinski definition) is 0. The van der Waals surface area contributed by atoms with Gasteiger partial charge in [0, 0.05) is 4.90 Å². The Morgan fingerprint density at radius 1 is 1.14 bits per heavy atom. The third-order valence-corrected chi connectivity index (χ3v) is 2.46. The zero-order valence-corrected chi connectivity index (χ0v) is 12.1. The van der Waals surface area contributed by atoms with Crippen LogP contribution in [-0.4, -0.2) is 12.7 Å². The van der Waals surface area contributed by atoms with E-state index in [1.165, 1.54) is 23.9 Å². The van der Waals surface area contributed by atoms with Crippen LogP contribution in [0.15, 0.2) is 29.2 Å². The molecule has 6 heteroatoms. The molecule has 72 valence electrons. The molecule has 0 N–H and O–H groups in total. The predicted molar refractivity (Wildman–Crippen MR) is 51.6 cm³/mol. The van der Waals surface area contributed by atoms with Crippen LogP contribution in [0.3, 0.4) is 0 Å². The minimum absolute atomic E-state index is 0. The van der Waals surface area contributed by atoms with Crippen molar-refractivity contribution in [2.75, 3.05) is 5.75 Å². The maximum atomic E-state index is 12.2. The van der Waals surface area contributed by atoms with Crippen molar-refractivity contribution in [3.8, 4) is 0 Å². The van der Waals surface area contributed by atoms with Gasteiger partial charge in [-0.1, -0.05) is 31.2 Å². The van der Waals surface area contributed by atoms with Gasteiger partial charge >= 0.3 is 58.4 Å². The molecule has 1 aromatic rings. The van der Waals surface area contributed by atoms with E-state index < -0.39 is 12.4 Å². The van der Waals surface area contributed by atoms with Crippen LogP contribution in [0.2, 0.25) is 0 Å². The molecular weight excluding hydrogens is 235 g/mol. The van der Waals surface area contributed by atoms with E-state index >= 15 is 0 Å². The van der Waals surface area contributed by atoms with Crippen LogP contribution in [0, 0.1) is 0 Å². The summed E-state index contributed by atoms with van der Waals surface area (Å²) >= 11 is 1.53. The smallest absolute Gasteiger partial charge is 0.445 e. The monoisotopic (exact) mass is 244 g/mol. The maximum Gasteiger partial charge on any atom is 1.00 e. The Morgan fingerprint density at radius 2 is 1.64 bits per heavy atom. The molecule has 0 spiro atoms. The summed E-state index contributed by atoms with van der Waals surface area (Å²) in [7, 11) is 0. The zero-order valence-electron chi connectivity index (χ0n) is 8.14. The van der Waals surface area contributed by atoms with E-state index in [1.54, 1.807) is 0 Å². The van der Waals surface area contributed by atoms with Crippen LogP contribution in [0.4, 0.5) is 12.9 Å². The van der Waals surface area contributed by atoms with Gasteiger partial charge in [0.05, 0.1) is 0 Å². The predicted octanol–water partition coefficient (Wildman–Crippen LogP) is -0.143. The van der Waals surface area contributed by atoms with E-state index in [2.05, 4.69) is 0 Å². The van der Waals surface area contributed by atoms with E-state index in [0.717, 1.165) is 22.8 Å². The molecule has 0 radical (unpaired) electrons. The Morgan fingerprint density at radius 3 is 2.00 bits per heavy atom. The molecule has 0 aliphatic heterocycles. The summed E-state index contributed by atoms with van der Waals surface area (Å²) in [5, 5.41) is 0. The molecule has 1 aromatic carbocycles. The first kappa shape index (κ1) is 15.1. The summed E-state index contributed by atoms with van der Waals surface area (Å²) in [6, 6.07) is 5.30. The van der Waals surface area contributed by atoms with Gasteiger partial charge in [-0.25, -0.2) is 0 Å². The molecule has 0 saturated carbocycles. The average molecular weight is 244 g/mol. The van der Waals surface area contributed by atoms with E-state index in [-0.39, 0.29) is 51.4 Å². The summed E-state index contributed by atoms with van der Waals surface area (Å²) in [6.07, 6.45) is 0. The van der Waals surface area contributed by atoms with Crippen LogP contribution in [0.25, 0.3) is 0 Å². The molecule has 0 aliphatic rings. The second kappa shape index (κ2) is 6.60. The summed E-state index contributed by atoms with van der Waals surface area (Å²) in [5.74, 6) is 0.872. The Bertz CT molecular complexity index is 273. The Kier molecular flexibility index (Phi) is 7.10. The number of benzene rings is 1.